The first kappa shape index (κ1) is 18.3. The molecule has 7 nitrogen and oxygen atoms in total. The van der Waals surface area contributed by atoms with Gasteiger partial charge in [0, 0.05) is 42.7 Å². The Bertz CT molecular complexity index is 697. The number of carbonyl (C=O) groups excluding carboxylic acids is 2. The first-order valence-electron chi connectivity index (χ1n) is 7.83. The molecule has 132 valence electrons. The number of ether oxygens (including phenoxy) is 2. The summed E-state index contributed by atoms with van der Waals surface area (Å²) in [6, 6.07) is 8.28. The van der Waals surface area contributed by atoms with Crippen molar-refractivity contribution in [3.8, 4) is 11.5 Å². The van der Waals surface area contributed by atoms with Crippen LogP contribution in [0, 0.1) is 0 Å². The molecule has 2 rings (SSSR count). The van der Waals surface area contributed by atoms with E-state index >= 15 is 0 Å². The van der Waals surface area contributed by atoms with Crippen molar-refractivity contribution in [3.63, 3.8) is 0 Å². The zero-order valence-corrected chi connectivity index (χ0v) is 14.2. The summed E-state index contributed by atoms with van der Waals surface area (Å²) in [6.07, 6.45) is 3.75. The molecule has 2 N–H and O–H groups in total. The molecule has 25 heavy (non-hydrogen) atoms. The van der Waals surface area contributed by atoms with Crippen LogP contribution < -0.4 is 20.1 Å². The maximum Gasteiger partial charge on any atom is 0.251 e. The fourth-order valence-electron chi connectivity index (χ4n) is 2.14. The van der Waals surface area contributed by atoms with Crippen molar-refractivity contribution in [2.75, 3.05) is 27.3 Å². The zero-order chi connectivity index (χ0) is 18.1. The Kier molecular flexibility index (Phi) is 6.76. The Balaban J connectivity index is 1.76. The van der Waals surface area contributed by atoms with Crippen LogP contribution in [0.15, 0.2) is 42.7 Å². The smallest absolute Gasteiger partial charge is 0.251 e. The van der Waals surface area contributed by atoms with E-state index in [4.69, 9.17) is 9.47 Å². The van der Waals surface area contributed by atoms with Gasteiger partial charge in [-0.05, 0) is 30.7 Å². The van der Waals surface area contributed by atoms with Crippen LogP contribution in [0.3, 0.4) is 0 Å². The number of carbonyl (C=O) groups is 2. The van der Waals surface area contributed by atoms with Gasteiger partial charge in [-0.25, -0.2) is 0 Å². The highest BCUT2D eigenvalue weighted by Crippen LogP contribution is 2.22. The number of nitrogens with one attached hydrogen (secondary N) is 2. The Morgan fingerprint density at radius 3 is 1.92 bits per heavy atom. The van der Waals surface area contributed by atoms with Gasteiger partial charge >= 0.3 is 0 Å². The van der Waals surface area contributed by atoms with Crippen LogP contribution >= 0.6 is 0 Å². The molecule has 1 aromatic heterocycles. The van der Waals surface area contributed by atoms with E-state index in [1.165, 1.54) is 14.2 Å². The van der Waals surface area contributed by atoms with E-state index in [0.717, 1.165) is 0 Å². The van der Waals surface area contributed by atoms with Gasteiger partial charge in [0.2, 0.25) is 0 Å². The number of benzene rings is 1. The number of nitrogens with zero attached hydrogens (tertiary/aromatic N) is 1. The lowest BCUT2D eigenvalue weighted by Gasteiger charge is -2.09. The second-order valence-corrected chi connectivity index (χ2v) is 5.20. The summed E-state index contributed by atoms with van der Waals surface area (Å²) >= 11 is 0. The molecule has 0 atom stereocenters. The summed E-state index contributed by atoms with van der Waals surface area (Å²) in [5.74, 6) is 0.715. The van der Waals surface area contributed by atoms with Crippen molar-refractivity contribution in [2.45, 2.75) is 6.42 Å². The van der Waals surface area contributed by atoms with Gasteiger partial charge in [-0.1, -0.05) is 0 Å². The van der Waals surface area contributed by atoms with Gasteiger partial charge in [0.05, 0.1) is 14.2 Å². The number of hydrogen-bond donors (Lipinski definition) is 2. The second-order valence-electron chi connectivity index (χ2n) is 5.20. The highest BCUT2D eigenvalue weighted by atomic mass is 16.5. The quantitative estimate of drug-likeness (QED) is 0.712. The van der Waals surface area contributed by atoms with E-state index in [9.17, 15) is 9.59 Å². The average molecular weight is 343 g/mol. The SMILES string of the molecule is COc1cc(OC)cc(C(=O)NCCCNC(=O)c2ccncc2)c1. The third-order valence-electron chi connectivity index (χ3n) is 3.48. The van der Waals surface area contributed by atoms with Crippen LogP contribution in [-0.2, 0) is 0 Å². The van der Waals surface area contributed by atoms with Gasteiger partial charge in [-0.15, -0.1) is 0 Å². The van der Waals surface area contributed by atoms with Crippen molar-refractivity contribution in [1.82, 2.24) is 15.6 Å². The maximum atomic E-state index is 12.2. The summed E-state index contributed by atoms with van der Waals surface area (Å²) in [6.45, 7) is 0.901. The molecule has 1 aromatic carbocycles. The first-order valence-corrected chi connectivity index (χ1v) is 7.83. The first-order chi connectivity index (χ1) is 12.1. The predicted molar refractivity (Wildman–Crippen MR) is 93.1 cm³/mol. The molecule has 0 unspecified atom stereocenters. The Labute approximate surface area is 146 Å². The molecule has 1 heterocycles. The number of rotatable bonds is 8. The summed E-state index contributed by atoms with van der Waals surface area (Å²) in [5, 5.41) is 5.59. The molecule has 2 amide bonds. The van der Waals surface area contributed by atoms with Crippen molar-refractivity contribution in [3.05, 3.63) is 53.9 Å². The van der Waals surface area contributed by atoms with Gasteiger partial charge < -0.3 is 20.1 Å². The molecule has 0 saturated carbocycles. The standard InChI is InChI=1S/C18H21N3O4/c1-24-15-10-14(11-16(12-15)25-2)18(23)21-7-3-6-20-17(22)13-4-8-19-9-5-13/h4-5,8-12H,3,6-7H2,1-2H3,(H,20,22)(H,21,23). The third kappa shape index (κ3) is 5.49. The fraction of sp³-hybridized carbons (Fsp3) is 0.278. The number of hydrogen-bond acceptors (Lipinski definition) is 5. The lowest BCUT2D eigenvalue weighted by Crippen LogP contribution is -2.29. The summed E-state index contributed by atoms with van der Waals surface area (Å²) in [7, 11) is 3.06. The zero-order valence-electron chi connectivity index (χ0n) is 14.2. The Morgan fingerprint density at radius 1 is 0.880 bits per heavy atom. The minimum Gasteiger partial charge on any atom is -0.497 e. The highest BCUT2D eigenvalue weighted by molar-refractivity contribution is 5.95. The minimum atomic E-state index is -0.224. The molecule has 0 fully saturated rings. The second kappa shape index (κ2) is 9.27. The molecule has 0 radical (unpaired) electrons. The van der Waals surface area contributed by atoms with Gasteiger partial charge in [-0.2, -0.15) is 0 Å². The normalized spacial score (nSPS) is 10.0. The van der Waals surface area contributed by atoms with Crippen LogP contribution in [0.5, 0.6) is 11.5 Å². The van der Waals surface area contributed by atoms with Crippen LogP contribution in [0.2, 0.25) is 0 Å². The number of methoxy groups -OCH3 is 2. The molecule has 0 bridgehead atoms. The predicted octanol–water partition coefficient (Wildman–Crippen LogP) is 1.65. The fourth-order valence-corrected chi connectivity index (χ4v) is 2.14. The summed E-state index contributed by atoms with van der Waals surface area (Å²) in [4.78, 5) is 27.9. The van der Waals surface area contributed by atoms with Gasteiger partial charge in [0.1, 0.15) is 11.5 Å². The molecule has 2 aromatic rings. The van der Waals surface area contributed by atoms with Crippen molar-refractivity contribution < 1.29 is 19.1 Å². The Hall–Kier alpha value is -3.09. The topological polar surface area (TPSA) is 89.5 Å². The maximum absolute atomic E-state index is 12.2. The molecule has 0 aliphatic heterocycles. The van der Waals surface area contributed by atoms with E-state index in [-0.39, 0.29) is 11.8 Å². The lowest BCUT2D eigenvalue weighted by atomic mass is 10.2. The van der Waals surface area contributed by atoms with E-state index in [1.807, 2.05) is 0 Å². The third-order valence-corrected chi connectivity index (χ3v) is 3.48. The number of pyridine rings is 1. The largest absolute Gasteiger partial charge is 0.497 e. The molecule has 0 aliphatic rings. The number of aromatic nitrogens is 1. The van der Waals surface area contributed by atoms with Crippen LogP contribution in [0.1, 0.15) is 27.1 Å². The monoisotopic (exact) mass is 343 g/mol. The van der Waals surface area contributed by atoms with E-state index in [2.05, 4.69) is 15.6 Å². The van der Waals surface area contributed by atoms with Crippen molar-refractivity contribution in [1.29, 1.82) is 0 Å². The van der Waals surface area contributed by atoms with E-state index in [1.54, 1.807) is 42.7 Å². The molecular weight excluding hydrogens is 322 g/mol. The molecule has 0 aliphatic carbocycles. The van der Waals surface area contributed by atoms with Crippen molar-refractivity contribution in [2.24, 2.45) is 0 Å². The lowest BCUT2D eigenvalue weighted by molar-refractivity contribution is 0.0951. The van der Waals surface area contributed by atoms with Crippen molar-refractivity contribution >= 4 is 11.8 Å². The van der Waals surface area contributed by atoms with Crippen LogP contribution in [-0.4, -0.2) is 44.1 Å². The summed E-state index contributed by atoms with van der Waals surface area (Å²) < 4.78 is 10.3. The molecule has 0 spiro atoms. The minimum absolute atomic E-state index is 0.161. The van der Waals surface area contributed by atoms with E-state index < -0.39 is 0 Å². The highest BCUT2D eigenvalue weighted by Gasteiger charge is 2.09. The van der Waals surface area contributed by atoms with Crippen LogP contribution in [0.4, 0.5) is 0 Å². The van der Waals surface area contributed by atoms with Crippen LogP contribution in [0.25, 0.3) is 0 Å². The van der Waals surface area contributed by atoms with Gasteiger partial charge in [0.25, 0.3) is 11.8 Å². The summed E-state index contributed by atoms with van der Waals surface area (Å²) in [5.41, 5.74) is 1.01. The van der Waals surface area contributed by atoms with Gasteiger partial charge in [0.15, 0.2) is 0 Å². The molecular formula is C18H21N3O4. The molecule has 0 saturated heterocycles. The Morgan fingerprint density at radius 2 is 1.40 bits per heavy atom. The van der Waals surface area contributed by atoms with E-state index in [0.29, 0.717) is 42.1 Å². The average Bonchev–Trinajstić information content (AvgIpc) is 2.67. The number of amides is 2. The molecule has 7 heteroatoms. The van der Waals surface area contributed by atoms with Gasteiger partial charge in [-0.3, -0.25) is 14.6 Å².